The Labute approximate surface area is 140 Å². The Bertz CT molecular complexity index is 789. The minimum absolute atomic E-state index is 0.151. The molecule has 6 nitrogen and oxygen atoms in total. The zero-order valence-corrected chi connectivity index (χ0v) is 14.1. The highest BCUT2D eigenvalue weighted by Crippen LogP contribution is 2.33. The van der Waals surface area contributed by atoms with Gasteiger partial charge in [-0.25, -0.2) is 9.59 Å². The van der Waals surface area contributed by atoms with Gasteiger partial charge in [0.15, 0.2) is 0 Å². The van der Waals surface area contributed by atoms with E-state index in [4.69, 9.17) is 4.74 Å². The maximum atomic E-state index is 12.5. The van der Waals surface area contributed by atoms with Gasteiger partial charge in [0.05, 0.1) is 19.3 Å². The van der Waals surface area contributed by atoms with Gasteiger partial charge < -0.3 is 14.0 Å². The second-order valence-corrected chi connectivity index (χ2v) is 5.15. The second kappa shape index (κ2) is 7.12. The lowest BCUT2D eigenvalue weighted by Crippen LogP contribution is -2.17. The Morgan fingerprint density at radius 1 is 1.12 bits per heavy atom. The van der Waals surface area contributed by atoms with Crippen LogP contribution in [0.5, 0.6) is 0 Å². The lowest BCUT2D eigenvalue weighted by Gasteiger charge is -2.08. The van der Waals surface area contributed by atoms with Crippen LogP contribution in [-0.4, -0.2) is 36.0 Å². The van der Waals surface area contributed by atoms with Crippen molar-refractivity contribution in [1.29, 1.82) is 0 Å². The number of aromatic nitrogens is 1. The van der Waals surface area contributed by atoms with E-state index >= 15 is 0 Å². The topological polar surface area (TPSA) is 74.6 Å². The van der Waals surface area contributed by atoms with Gasteiger partial charge in [-0.2, -0.15) is 0 Å². The van der Waals surface area contributed by atoms with Crippen LogP contribution in [0.1, 0.15) is 33.5 Å². The van der Waals surface area contributed by atoms with Crippen LogP contribution in [0, 0.1) is 6.92 Å². The number of hydrogen-bond acceptors (Lipinski definition) is 5. The summed E-state index contributed by atoms with van der Waals surface area (Å²) < 4.78 is 11.2. The van der Waals surface area contributed by atoms with E-state index in [0.29, 0.717) is 16.8 Å². The molecule has 0 aliphatic rings. The number of nitrogens with zero attached hydrogens (tertiary/aromatic N) is 1. The molecule has 0 N–H and O–H groups in total. The molecule has 0 amide bonds. The van der Waals surface area contributed by atoms with E-state index in [1.54, 1.807) is 49.7 Å². The highest BCUT2D eigenvalue weighted by molar-refractivity contribution is 6.42. The van der Waals surface area contributed by atoms with Crippen LogP contribution in [-0.2, 0) is 21.3 Å². The third-order valence-corrected chi connectivity index (χ3v) is 3.82. The minimum Gasteiger partial charge on any atom is -0.463 e. The average molecular weight is 329 g/mol. The molecule has 0 fully saturated rings. The molecule has 6 heteroatoms. The van der Waals surface area contributed by atoms with Gasteiger partial charge in [0.25, 0.3) is 5.78 Å². The monoisotopic (exact) mass is 329 g/mol. The lowest BCUT2D eigenvalue weighted by molar-refractivity contribution is -0.135. The molecular formula is C18H19NO5. The van der Waals surface area contributed by atoms with E-state index < -0.39 is 17.7 Å². The molecule has 0 radical (unpaired) electrons. The van der Waals surface area contributed by atoms with Crippen LogP contribution < -0.4 is 0 Å². The summed E-state index contributed by atoms with van der Waals surface area (Å²) >= 11 is 0. The highest BCUT2D eigenvalue weighted by atomic mass is 16.5. The highest BCUT2D eigenvalue weighted by Gasteiger charge is 2.32. The van der Waals surface area contributed by atoms with Crippen molar-refractivity contribution < 1.29 is 23.9 Å². The summed E-state index contributed by atoms with van der Waals surface area (Å²) in [5.41, 5.74) is 1.90. The van der Waals surface area contributed by atoms with E-state index in [2.05, 4.69) is 4.74 Å². The van der Waals surface area contributed by atoms with Gasteiger partial charge in [0, 0.05) is 18.3 Å². The van der Waals surface area contributed by atoms with Crippen molar-refractivity contribution in [2.45, 2.75) is 13.8 Å². The van der Waals surface area contributed by atoms with Gasteiger partial charge in [-0.3, -0.25) is 4.79 Å². The third-order valence-electron chi connectivity index (χ3n) is 3.82. The lowest BCUT2D eigenvalue weighted by atomic mass is 9.97. The van der Waals surface area contributed by atoms with E-state index in [-0.39, 0.29) is 17.9 Å². The number of ketones is 1. The van der Waals surface area contributed by atoms with Crippen LogP contribution in [0.2, 0.25) is 0 Å². The van der Waals surface area contributed by atoms with Crippen molar-refractivity contribution in [3.8, 4) is 11.1 Å². The molecule has 0 aliphatic carbocycles. The Morgan fingerprint density at radius 3 is 2.29 bits per heavy atom. The summed E-state index contributed by atoms with van der Waals surface area (Å²) in [5, 5.41) is 0. The van der Waals surface area contributed by atoms with Crippen molar-refractivity contribution in [3.63, 3.8) is 0 Å². The van der Waals surface area contributed by atoms with Crippen LogP contribution in [0.4, 0.5) is 0 Å². The molecular weight excluding hydrogens is 310 g/mol. The van der Waals surface area contributed by atoms with E-state index in [1.165, 1.54) is 0 Å². The molecule has 1 aromatic carbocycles. The number of carbonyl (C=O) groups excluding carboxylic acids is 3. The number of benzene rings is 1. The van der Waals surface area contributed by atoms with Gasteiger partial charge in [-0.1, -0.05) is 30.3 Å². The SMILES string of the molecule is CCOC(=O)c1c(-c2ccccc2)c(C(=O)C(=O)OC)c(C)n1C. The molecule has 0 unspecified atom stereocenters. The quantitative estimate of drug-likeness (QED) is 0.479. The molecule has 0 aliphatic heterocycles. The zero-order chi connectivity index (χ0) is 17.9. The third kappa shape index (κ3) is 2.95. The molecule has 2 aromatic rings. The fourth-order valence-corrected chi connectivity index (χ4v) is 2.60. The Hall–Kier alpha value is -2.89. The summed E-state index contributed by atoms with van der Waals surface area (Å²) in [5.74, 6) is -2.32. The number of esters is 2. The van der Waals surface area contributed by atoms with Crippen molar-refractivity contribution in [2.75, 3.05) is 13.7 Å². The molecule has 0 saturated heterocycles. The number of hydrogen-bond donors (Lipinski definition) is 0. The molecule has 1 heterocycles. The smallest absolute Gasteiger partial charge is 0.379 e. The molecule has 126 valence electrons. The zero-order valence-electron chi connectivity index (χ0n) is 14.1. The minimum atomic E-state index is -0.976. The molecule has 24 heavy (non-hydrogen) atoms. The average Bonchev–Trinajstić information content (AvgIpc) is 2.86. The summed E-state index contributed by atoms with van der Waals surface area (Å²) in [7, 11) is 2.80. The first-order valence-corrected chi connectivity index (χ1v) is 7.48. The summed E-state index contributed by atoms with van der Waals surface area (Å²) in [4.78, 5) is 36.7. The van der Waals surface area contributed by atoms with Gasteiger partial charge >= 0.3 is 11.9 Å². The van der Waals surface area contributed by atoms with Crippen LogP contribution in [0.3, 0.4) is 0 Å². The van der Waals surface area contributed by atoms with Gasteiger partial charge in [-0.15, -0.1) is 0 Å². The standard InChI is InChI=1S/C18H19NO5/c1-5-24-17(21)15-14(12-9-7-6-8-10-12)13(11(2)19(15)3)16(20)18(22)23-4/h6-10H,5H2,1-4H3. The number of Topliss-reactive ketones (excluding diaryl/α,β-unsaturated/α-hetero) is 1. The number of rotatable bonds is 5. The second-order valence-electron chi connectivity index (χ2n) is 5.15. The first kappa shape index (κ1) is 17.5. The molecule has 2 rings (SSSR count). The maximum absolute atomic E-state index is 12.5. The van der Waals surface area contributed by atoms with Gasteiger partial charge in [-0.05, 0) is 19.4 Å². The molecule has 0 spiro atoms. The van der Waals surface area contributed by atoms with Crippen LogP contribution >= 0.6 is 0 Å². The van der Waals surface area contributed by atoms with E-state index in [9.17, 15) is 14.4 Å². The summed E-state index contributed by atoms with van der Waals surface area (Å²) in [6.07, 6.45) is 0. The summed E-state index contributed by atoms with van der Waals surface area (Å²) in [6.45, 7) is 3.58. The first-order valence-electron chi connectivity index (χ1n) is 7.48. The molecule has 0 bridgehead atoms. The predicted molar refractivity (Wildman–Crippen MR) is 87.9 cm³/mol. The maximum Gasteiger partial charge on any atom is 0.379 e. The predicted octanol–water partition coefficient (Wildman–Crippen LogP) is 2.53. The molecule has 0 saturated carbocycles. The normalized spacial score (nSPS) is 10.3. The Morgan fingerprint density at radius 2 is 1.75 bits per heavy atom. The summed E-state index contributed by atoms with van der Waals surface area (Å²) in [6, 6.07) is 8.94. The fraction of sp³-hybridized carbons (Fsp3) is 0.278. The fourth-order valence-electron chi connectivity index (χ4n) is 2.60. The van der Waals surface area contributed by atoms with Crippen molar-refractivity contribution >= 4 is 17.7 Å². The number of carbonyl (C=O) groups is 3. The largest absolute Gasteiger partial charge is 0.463 e. The van der Waals surface area contributed by atoms with Gasteiger partial charge in [0.2, 0.25) is 0 Å². The van der Waals surface area contributed by atoms with Crippen molar-refractivity contribution in [3.05, 3.63) is 47.3 Å². The molecule has 0 atom stereocenters. The van der Waals surface area contributed by atoms with E-state index in [1.807, 2.05) is 6.07 Å². The first-order chi connectivity index (χ1) is 11.4. The number of ether oxygens (including phenoxy) is 2. The van der Waals surface area contributed by atoms with Crippen LogP contribution in [0.25, 0.3) is 11.1 Å². The van der Waals surface area contributed by atoms with Crippen molar-refractivity contribution in [1.82, 2.24) is 4.57 Å². The van der Waals surface area contributed by atoms with Crippen molar-refractivity contribution in [2.24, 2.45) is 7.05 Å². The Balaban J connectivity index is 2.80. The Kier molecular flexibility index (Phi) is 5.18. The van der Waals surface area contributed by atoms with Crippen LogP contribution in [0.15, 0.2) is 30.3 Å². The molecule has 1 aromatic heterocycles. The number of methoxy groups -OCH3 is 1. The van der Waals surface area contributed by atoms with E-state index in [0.717, 1.165) is 7.11 Å². The van der Waals surface area contributed by atoms with Gasteiger partial charge in [0.1, 0.15) is 5.69 Å².